The van der Waals surface area contributed by atoms with Gasteiger partial charge in [0.15, 0.2) is 0 Å². The summed E-state index contributed by atoms with van der Waals surface area (Å²) in [5, 5.41) is 0. The third kappa shape index (κ3) is 4.68. The number of piperazine rings is 1. The third-order valence-corrected chi connectivity index (χ3v) is 7.71. The van der Waals surface area contributed by atoms with Gasteiger partial charge >= 0.3 is 5.69 Å². The number of nitrogens with one attached hydrogen (secondary N) is 1. The SMILES string of the molecule is O=C(c1ccc(F)c(Cn2c3c(c(=O)[nH]c2=O)CCCC3)c1)N1CCN(C(=O)C2CCCC2)CC1. The summed E-state index contributed by atoms with van der Waals surface area (Å²) < 4.78 is 16.2. The van der Waals surface area contributed by atoms with Gasteiger partial charge in [0.1, 0.15) is 5.82 Å². The molecule has 2 amide bonds. The molecule has 2 aromatic rings. The topological polar surface area (TPSA) is 95.5 Å². The molecule has 1 saturated heterocycles. The maximum Gasteiger partial charge on any atom is 0.328 e. The van der Waals surface area contributed by atoms with Crippen LogP contribution in [0.15, 0.2) is 27.8 Å². The van der Waals surface area contributed by atoms with Crippen LogP contribution in [0.5, 0.6) is 0 Å². The molecule has 1 aliphatic heterocycles. The van der Waals surface area contributed by atoms with E-state index in [1.54, 1.807) is 4.90 Å². The Morgan fingerprint density at radius 1 is 0.943 bits per heavy atom. The van der Waals surface area contributed by atoms with E-state index in [0.717, 1.165) is 38.5 Å². The average Bonchev–Trinajstić information content (AvgIpc) is 3.42. The van der Waals surface area contributed by atoms with Crippen molar-refractivity contribution >= 4 is 11.8 Å². The predicted octanol–water partition coefficient (Wildman–Crippen LogP) is 2.08. The van der Waals surface area contributed by atoms with Crippen LogP contribution in [0.3, 0.4) is 0 Å². The Morgan fingerprint density at radius 2 is 1.63 bits per heavy atom. The van der Waals surface area contributed by atoms with Crippen LogP contribution in [0.25, 0.3) is 0 Å². The fourth-order valence-corrected chi connectivity index (χ4v) is 5.70. The van der Waals surface area contributed by atoms with E-state index in [4.69, 9.17) is 0 Å². The first-order valence-corrected chi connectivity index (χ1v) is 12.6. The van der Waals surface area contributed by atoms with E-state index in [1.165, 1.54) is 22.8 Å². The Morgan fingerprint density at radius 3 is 2.37 bits per heavy atom. The van der Waals surface area contributed by atoms with E-state index in [-0.39, 0.29) is 35.4 Å². The number of hydrogen-bond donors (Lipinski definition) is 1. The zero-order valence-corrected chi connectivity index (χ0v) is 19.9. The fraction of sp³-hybridized carbons (Fsp3) is 0.538. The number of amides is 2. The second kappa shape index (κ2) is 9.79. The van der Waals surface area contributed by atoms with Crippen molar-refractivity contribution in [2.75, 3.05) is 26.2 Å². The molecule has 0 unspecified atom stereocenters. The highest BCUT2D eigenvalue weighted by molar-refractivity contribution is 5.94. The second-order valence-corrected chi connectivity index (χ2v) is 9.88. The number of carbonyl (C=O) groups is 2. The Bertz CT molecular complexity index is 1250. The van der Waals surface area contributed by atoms with Crippen molar-refractivity contribution in [1.29, 1.82) is 0 Å². The van der Waals surface area contributed by atoms with Crippen molar-refractivity contribution in [3.63, 3.8) is 0 Å². The molecule has 0 radical (unpaired) electrons. The van der Waals surface area contributed by atoms with Crippen LogP contribution >= 0.6 is 0 Å². The second-order valence-electron chi connectivity index (χ2n) is 9.88. The normalized spacial score (nSPS) is 18.5. The number of aromatic amines is 1. The molecule has 0 atom stereocenters. The summed E-state index contributed by atoms with van der Waals surface area (Å²) in [7, 11) is 0. The summed E-state index contributed by atoms with van der Waals surface area (Å²) in [6.07, 6.45) is 7.07. The number of fused-ring (bicyclic) bond motifs is 1. The number of nitrogens with zero attached hydrogens (tertiary/aromatic N) is 3. The third-order valence-electron chi connectivity index (χ3n) is 7.71. The molecule has 35 heavy (non-hydrogen) atoms. The van der Waals surface area contributed by atoms with E-state index in [0.29, 0.717) is 55.8 Å². The molecule has 1 aromatic heterocycles. The van der Waals surface area contributed by atoms with Crippen LogP contribution in [0, 0.1) is 11.7 Å². The molecule has 2 fully saturated rings. The highest BCUT2D eigenvalue weighted by Crippen LogP contribution is 2.27. The zero-order chi connectivity index (χ0) is 24.5. The monoisotopic (exact) mass is 482 g/mol. The van der Waals surface area contributed by atoms with Gasteiger partial charge in [-0.1, -0.05) is 12.8 Å². The van der Waals surface area contributed by atoms with Crippen LogP contribution < -0.4 is 11.2 Å². The lowest BCUT2D eigenvalue weighted by Gasteiger charge is -2.36. The molecule has 3 aliphatic rings. The van der Waals surface area contributed by atoms with Crippen LogP contribution in [0.1, 0.15) is 65.7 Å². The first kappa shape index (κ1) is 23.5. The first-order valence-electron chi connectivity index (χ1n) is 12.6. The Labute approximate surface area is 202 Å². The number of benzene rings is 1. The Kier molecular flexibility index (Phi) is 6.58. The molecule has 186 valence electrons. The van der Waals surface area contributed by atoms with Gasteiger partial charge in [0.25, 0.3) is 11.5 Å². The number of H-pyrrole nitrogens is 1. The van der Waals surface area contributed by atoms with Crippen LogP contribution in [0.4, 0.5) is 4.39 Å². The molecule has 2 heterocycles. The zero-order valence-electron chi connectivity index (χ0n) is 19.9. The summed E-state index contributed by atoms with van der Waals surface area (Å²) in [5.41, 5.74) is 0.902. The van der Waals surface area contributed by atoms with Gasteiger partial charge in [-0.3, -0.25) is 23.9 Å². The van der Waals surface area contributed by atoms with E-state index < -0.39 is 11.5 Å². The molecule has 1 saturated carbocycles. The standard InChI is InChI=1S/C26H31FN4O4/c27-21-10-9-18(25(34)30-13-11-29(12-14-30)24(33)17-5-1-2-6-17)15-19(21)16-31-22-8-4-3-7-20(22)23(32)28-26(31)35/h9-10,15,17H,1-8,11-14,16H2,(H,28,32,35). The lowest BCUT2D eigenvalue weighted by molar-refractivity contribution is -0.136. The minimum absolute atomic E-state index is 0.0471. The molecule has 2 aliphatic carbocycles. The van der Waals surface area contributed by atoms with Gasteiger partial charge in [-0.05, 0) is 56.7 Å². The van der Waals surface area contributed by atoms with Gasteiger partial charge in [0.2, 0.25) is 5.91 Å². The van der Waals surface area contributed by atoms with Crippen LogP contribution in [-0.2, 0) is 24.2 Å². The lowest BCUT2D eigenvalue weighted by Crippen LogP contribution is -2.51. The van der Waals surface area contributed by atoms with E-state index in [1.807, 2.05) is 4.90 Å². The largest absolute Gasteiger partial charge is 0.339 e. The maximum absolute atomic E-state index is 14.7. The van der Waals surface area contributed by atoms with Gasteiger partial charge in [-0.2, -0.15) is 0 Å². The van der Waals surface area contributed by atoms with Gasteiger partial charge < -0.3 is 9.80 Å². The van der Waals surface area contributed by atoms with E-state index in [9.17, 15) is 23.6 Å². The van der Waals surface area contributed by atoms with Gasteiger partial charge in [-0.15, -0.1) is 0 Å². The highest BCUT2D eigenvalue weighted by atomic mass is 19.1. The van der Waals surface area contributed by atoms with Crippen molar-refractivity contribution < 1.29 is 14.0 Å². The van der Waals surface area contributed by atoms with Crippen molar-refractivity contribution in [2.45, 2.75) is 57.9 Å². The lowest BCUT2D eigenvalue weighted by atomic mass is 9.96. The minimum atomic E-state index is -0.560. The van der Waals surface area contributed by atoms with Crippen molar-refractivity contribution in [3.05, 3.63) is 67.2 Å². The summed E-state index contributed by atoms with van der Waals surface area (Å²) in [5.74, 6) is -0.390. The molecular formula is C26H31FN4O4. The molecule has 9 heteroatoms. The molecule has 0 spiro atoms. The summed E-state index contributed by atoms with van der Waals surface area (Å²) in [4.78, 5) is 56.5. The Hall–Kier alpha value is -3.23. The number of halogens is 1. The van der Waals surface area contributed by atoms with Crippen molar-refractivity contribution in [3.8, 4) is 0 Å². The highest BCUT2D eigenvalue weighted by Gasteiger charge is 2.31. The molecule has 1 N–H and O–H groups in total. The fourth-order valence-electron chi connectivity index (χ4n) is 5.70. The maximum atomic E-state index is 14.7. The van der Waals surface area contributed by atoms with E-state index in [2.05, 4.69) is 4.98 Å². The summed E-state index contributed by atoms with van der Waals surface area (Å²) >= 11 is 0. The molecule has 5 rings (SSSR count). The quantitative estimate of drug-likeness (QED) is 0.722. The number of hydrogen-bond acceptors (Lipinski definition) is 4. The van der Waals surface area contributed by atoms with Gasteiger partial charge in [0, 0.05) is 54.5 Å². The minimum Gasteiger partial charge on any atom is -0.339 e. The van der Waals surface area contributed by atoms with Gasteiger partial charge in [-0.25, -0.2) is 9.18 Å². The van der Waals surface area contributed by atoms with E-state index >= 15 is 0 Å². The van der Waals surface area contributed by atoms with Crippen LogP contribution in [-0.4, -0.2) is 57.3 Å². The Balaban J connectivity index is 1.31. The number of aromatic nitrogens is 2. The number of rotatable bonds is 4. The smallest absolute Gasteiger partial charge is 0.328 e. The van der Waals surface area contributed by atoms with Crippen molar-refractivity contribution in [2.24, 2.45) is 5.92 Å². The average molecular weight is 483 g/mol. The van der Waals surface area contributed by atoms with Crippen LogP contribution in [0.2, 0.25) is 0 Å². The first-order chi connectivity index (χ1) is 16.9. The molecule has 8 nitrogen and oxygen atoms in total. The molecular weight excluding hydrogens is 451 g/mol. The number of carbonyl (C=O) groups excluding carboxylic acids is 2. The molecule has 0 bridgehead atoms. The molecule has 1 aromatic carbocycles. The predicted molar refractivity (Wildman–Crippen MR) is 128 cm³/mol. The van der Waals surface area contributed by atoms with Crippen molar-refractivity contribution in [1.82, 2.24) is 19.4 Å². The summed E-state index contributed by atoms with van der Waals surface area (Å²) in [6.45, 7) is 1.85. The summed E-state index contributed by atoms with van der Waals surface area (Å²) in [6, 6.07) is 4.22. The van der Waals surface area contributed by atoms with Gasteiger partial charge in [0.05, 0.1) is 6.54 Å².